The highest BCUT2D eigenvalue weighted by Crippen LogP contribution is 2.59. The zero-order chi connectivity index (χ0) is 41.3. The third-order valence-corrected chi connectivity index (χ3v) is 17.3. The Labute approximate surface area is 349 Å². The molecule has 0 saturated carbocycles. The van der Waals surface area contributed by atoms with Crippen LogP contribution in [0.2, 0.25) is 0 Å². The number of aliphatic hydroxyl groups is 3. The molecule has 1 aliphatic carbocycles. The van der Waals surface area contributed by atoms with Crippen LogP contribution in [0.25, 0.3) is 0 Å². The molecule has 326 valence electrons. The molecule has 8 rings (SSSR count). The number of rotatable bonds is 6. The van der Waals surface area contributed by atoms with Gasteiger partial charge in [0, 0.05) is 60.9 Å². The van der Waals surface area contributed by atoms with Gasteiger partial charge in [-0.3, -0.25) is 4.99 Å². The van der Waals surface area contributed by atoms with Gasteiger partial charge in [-0.15, -0.1) is 11.8 Å². The van der Waals surface area contributed by atoms with Gasteiger partial charge in [-0.25, -0.2) is 0 Å². The number of quaternary nitrogens is 1. The van der Waals surface area contributed by atoms with E-state index in [1.54, 1.807) is 0 Å². The van der Waals surface area contributed by atoms with Crippen molar-refractivity contribution in [1.29, 1.82) is 0 Å². The molecule has 58 heavy (non-hydrogen) atoms. The fraction of sp³-hybridized carbons (Fsp3) is 0.867. The lowest BCUT2D eigenvalue weighted by Crippen LogP contribution is -2.69. The number of aliphatic imine (C=N–C) groups is 1. The maximum absolute atomic E-state index is 12.0. The Morgan fingerprint density at radius 1 is 0.948 bits per heavy atom. The number of carboxylic acid groups (broad SMARTS) is 1. The van der Waals surface area contributed by atoms with Crippen molar-refractivity contribution in [2.24, 2.45) is 34.1 Å². The normalized spacial score (nSPS) is 48.1. The molecule has 7 aliphatic heterocycles. The Morgan fingerprint density at radius 2 is 1.74 bits per heavy atom. The molecule has 6 N–H and O–H groups in total. The molecule has 4 spiro atoms. The zero-order valence-electron chi connectivity index (χ0n) is 35.3. The largest absolute Gasteiger partial charge is 0.544 e. The van der Waals surface area contributed by atoms with Gasteiger partial charge in [0.25, 0.3) is 0 Å². The van der Waals surface area contributed by atoms with Crippen molar-refractivity contribution in [2.75, 3.05) is 18.9 Å². The fourth-order valence-electron chi connectivity index (χ4n) is 12.2. The van der Waals surface area contributed by atoms with Crippen LogP contribution in [0.1, 0.15) is 130 Å². The predicted molar refractivity (Wildman–Crippen MR) is 217 cm³/mol. The van der Waals surface area contributed by atoms with Crippen LogP contribution < -0.4 is 10.8 Å². The van der Waals surface area contributed by atoms with Crippen LogP contribution in [-0.2, 0) is 28.5 Å². The Bertz CT molecular complexity index is 1620. The number of hydrogen-bond acceptors (Lipinski definition) is 12. The van der Waals surface area contributed by atoms with Gasteiger partial charge in [0.2, 0.25) is 5.79 Å². The highest BCUT2D eigenvalue weighted by atomic mass is 32.2. The summed E-state index contributed by atoms with van der Waals surface area (Å²) in [7, 11) is 0. The van der Waals surface area contributed by atoms with Crippen LogP contribution >= 0.6 is 11.8 Å². The fourth-order valence-corrected chi connectivity index (χ4v) is 13.3. The molecule has 0 aromatic heterocycles. The van der Waals surface area contributed by atoms with Crippen LogP contribution in [0, 0.1) is 29.1 Å². The predicted octanol–water partition coefficient (Wildman–Crippen LogP) is 3.98. The van der Waals surface area contributed by atoms with Crippen LogP contribution in [0.5, 0.6) is 0 Å². The lowest BCUT2D eigenvalue weighted by molar-refractivity contribution is -0.431. The molecule has 0 radical (unpaired) electrons. The van der Waals surface area contributed by atoms with E-state index in [2.05, 4.69) is 39.2 Å². The van der Waals surface area contributed by atoms with E-state index in [0.717, 1.165) is 81.9 Å². The summed E-state index contributed by atoms with van der Waals surface area (Å²) in [6.45, 7) is 13.7. The maximum Gasteiger partial charge on any atom is 0.200 e. The molecule has 6 fully saturated rings. The van der Waals surface area contributed by atoms with Crippen molar-refractivity contribution < 1.29 is 54.6 Å². The van der Waals surface area contributed by atoms with E-state index >= 15 is 0 Å². The summed E-state index contributed by atoms with van der Waals surface area (Å²) in [5.41, 5.74) is 5.63. The van der Waals surface area contributed by atoms with Crippen molar-refractivity contribution in [3.05, 3.63) is 23.8 Å². The van der Waals surface area contributed by atoms with Crippen molar-refractivity contribution >= 4 is 23.4 Å². The first-order chi connectivity index (χ1) is 27.5. The van der Waals surface area contributed by atoms with Gasteiger partial charge >= 0.3 is 0 Å². The standard InChI is InChI=1S/C45H70N2O10S/c1-26-8-6-10-36-42(20-27(2)29(4)23-47-36)15-11-30(35(24-48)58-25-34(46)40(50)51)19-33(42)38-39-37(49)28(3)21-44(55-38,56-39)22-32-9-7-13-43(53-32)16-17-45(57-43)41(5,52)14-12-31(18-26)54-45/h19,27-29,31-35,37-39,48-49,52H,1,6-18,20-25,46H2,2-5H3,(H,50,51)/t27-,28+,29-,31-,32+,33+,34-,35-,37+,38-,39+,41+,42+,43+,44+,45+/m0/s1. The third-order valence-electron chi connectivity index (χ3n) is 15.8. The molecule has 6 saturated heterocycles. The molecular formula is C45H70N2O10S. The van der Waals surface area contributed by atoms with E-state index in [9.17, 15) is 25.2 Å². The van der Waals surface area contributed by atoms with Crippen molar-refractivity contribution in [1.82, 2.24) is 0 Å². The van der Waals surface area contributed by atoms with E-state index in [1.807, 2.05) is 6.92 Å². The van der Waals surface area contributed by atoms with Gasteiger partial charge in [0.05, 0.1) is 42.7 Å². The van der Waals surface area contributed by atoms with Gasteiger partial charge in [-0.2, -0.15) is 0 Å². The number of carbonyl (C=O) groups excluding carboxylic acids is 1. The summed E-state index contributed by atoms with van der Waals surface area (Å²) in [4.78, 5) is 17.1. The number of carboxylic acids is 1. The molecule has 7 bridgehead atoms. The van der Waals surface area contributed by atoms with E-state index < -0.39 is 53.3 Å². The second kappa shape index (κ2) is 16.4. The SMILES string of the molecule is C=C1CCCC2=NC[C@H](C)[C@@H](C)C[C@@]23CCC([C@H](CO)SC[C@H]([NH3+])C(=O)[O-])=C[C@@H]3[C@@H]2O[C@]3(C[C@H]4CCC[C@@]5(CC[C@@]6(O[C@@H](CC[C@@]6(C)O)C1)O5)O4)C[C@@H](C)[C@@H](O)[C@H]2O3. The average Bonchev–Trinajstić information content (AvgIpc) is 3.65. The number of thioether (sulfide) groups is 1. The Kier molecular flexibility index (Phi) is 12.2. The second-order valence-corrected chi connectivity index (χ2v) is 21.3. The van der Waals surface area contributed by atoms with Gasteiger partial charge in [-0.05, 0) is 95.3 Å². The van der Waals surface area contributed by atoms with Crippen LogP contribution in [-0.4, -0.2) is 111 Å². The number of nitrogens with zero attached hydrogens (tertiary/aromatic N) is 1. The highest BCUT2D eigenvalue weighted by molar-refractivity contribution is 8.00. The molecule has 12 nitrogen and oxygen atoms in total. The van der Waals surface area contributed by atoms with E-state index in [0.29, 0.717) is 50.4 Å². The summed E-state index contributed by atoms with van der Waals surface area (Å²) >= 11 is 1.42. The van der Waals surface area contributed by atoms with Crippen molar-refractivity contribution in [3.63, 3.8) is 0 Å². The quantitative estimate of drug-likeness (QED) is 0.284. The molecule has 16 atom stereocenters. The lowest BCUT2D eigenvalue weighted by atomic mass is 9.57. The summed E-state index contributed by atoms with van der Waals surface area (Å²) in [5.74, 6) is -3.52. The molecule has 0 aromatic carbocycles. The van der Waals surface area contributed by atoms with Crippen molar-refractivity contribution in [2.45, 2.75) is 195 Å². The molecule has 8 aliphatic rings. The Balaban J connectivity index is 1.20. The average molecular weight is 831 g/mol. The minimum atomic E-state index is -1.20. The zero-order valence-corrected chi connectivity index (χ0v) is 36.1. The van der Waals surface area contributed by atoms with E-state index in [1.165, 1.54) is 17.5 Å². The maximum atomic E-state index is 12.0. The molecule has 0 unspecified atom stereocenters. The smallest absolute Gasteiger partial charge is 0.200 e. The molecular weight excluding hydrogens is 761 g/mol. The number of carbonyl (C=O) groups is 1. The number of fused-ring (bicyclic) bond motifs is 6. The van der Waals surface area contributed by atoms with Crippen LogP contribution in [0.3, 0.4) is 0 Å². The number of ether oxygens (including phenoxy) is 5. The minimum Gasteiger partial charge on any atom is -0.544 e. The monoisotopic (exact) mass is 830 g/mol. The summed E-state index contributed by atoms with van der Waals surface area (Å²) < 4.78 is 35.3. The number of hydrogen-bond donors (Lipinski definition) is 4. The molecule has 13 heteroatoms. The third kappa shape index (κ3) is 7.94. The van der Waals surface area contributed by atoms with Crippen LogP contribution in [0.15, 0.2) is 28.8 Å². The van der Waals surface area contributed by atoms with E-state index in [-0.39, 0.29) is 47.1 Å². The second-order valence-electron chi connectivity index (χ2n) is 20.1. The number of aliphatic hydroxyl groups excluding tert-OH is 2. The van der Waals surface area contributed by atoms with Gasteiger partial charge < -0.3 is 54.6 Å². The topological polar surface area (TPSA) is 187 Å². The van der Waals surface area contributed by atoms with Gasteiger partial charge in [-0.1, -0.05) is 44.6 Å². The lowest BCUT2D eigenvalue weighted by Gasteiger charge is -2.50. The molecule has 7 heterocycles. The van der Waals surface area contributed by atoms with Gasteiger partial charge in [0.15, 0.2) is 11.6 Å². The minimum absolute atomic E-state index is 0.0811. The molecule has 0 amide bonds. The van der Waals surface area contributed by atoms with E-state index in [4.69, 9.17) is 28.7 Å². The Hall–Kier alpha value is -1.39. The summed E-state index contributed by atoms with van der Waals surface area (Å²) in [6.07, 6.45) is 11.8. The van der Waals surface area contributed by atoms with Crippen molar-refractivity contribution in [3.8, 4) is 0 Å². The van der Waals surface area contributed by atoms with Crippen LogP contribution in [0.4, 0.5) is 0 Å². The summed E-state index contributed by atoms with van der Waals surface area (Å²) in [6, 6.07) is -0.893. The first kappa shape index (κ1) is 43.3. The Morgan fingerprint density at radius 3 is 2.52 bits per heavy atom. The highest BCUT2D eigenvalue weighted by Gasteiger charge is 2.66. The number of aliphatic carboxylic acids is 1. The first-order valence-electron chi connectivity index (χ1n) is 22.5. The summed E-state index contributed by atoms with van der Waals surface area (Å²) in [5, 5.41) is 45.9. The van der Waals surface area contributed by atoms with Gasteiger partial charge in [0.1, 0.15) is 17.7 Å². The molecule has 0 aromatic rings. The first-order valence-corrected chi connectivity index (χ1v) is 23.6.